The van der Waals surface area contributed by atoms with E-state index in [1.54, 1.807) is 0 Å². The van der Waals surface area contributed by atoms with E-state index in [2.05, 4.69) is 183 Å². The van der Waals surface area contributed by atoms with E-state index in [9.17, 15) is 0 Å². The predicted molar refractivity (Wildman–Crippen MR) is 204 cm³/mol. The number of benzene rings is 8. The molecular formula is C49H32O. The van der Waals surface area contributed by atoms with Crippen LogP contribution in [0, 0.1) is 0 Å². The molecule has 0 bridgehead atoms. The van der Waals surface area contributed by atoms with Crippen LogP contribution in [0.1, 0.15) is 45.9 Å². The molecule has 0 saturated heterocycles. The van der Waals surface area contributed by atoms with Gasteiger partial charge in [-0.2, -0.15) is 0 Å². The molecule has 1 heterocycles. The Labute approximate surface area is 292 Å². The Morgan fingerprint density at radius 3 is 1.92 bits per heavy atom. The van der Waals surface area contributed by atoms with Crippen molar-refractivity contribution in [3.8, 4) is 44.9 Å². The van der Waals surface area contributed by atoms with Crippen molar-refractivity contribution in [1.29, 1.82) is 0 Å². The summed E-state index contributed by atoms with van der Waals surface area (Å²) in [4.78, 5) is 0. The van der Waals surface area contributed by atoms with Crippen LogP contribution in [0.2, 0.25) is 0 Å². The van der Waals surface area contributed by atoms with Gasteiger partial charge in [-0.05, 0) is 97.1 Å². The summed E-state index contributed by atoms with van der Waals surface area (Å²) in [7, 11) is 0. The maximum atomic E-state index is 6.63. The summed E-state index contributed by atoms with van der Waals surface area (Å²) in [6.45, 7) is 2.35. The molecule has 1 spiro atoms. The van der Waals surface area contributed by atoms with Crippen LogP contribution in [0.5, 0.6) is 11.5 Å². The highest BCUT2D eigenvalue weighted by atomic mass is 16.5. The van der Waals surface area contributed by atoms with Gasteiger partial charge in [-0.1, -0.05) is 158 Å². The van der Waals surface area contributed by atoms with E-state index in [0.29, 0.717) is 0 Å². The molecule has 2 aliphatic carbocycles. The van der Waals surface area contributed by atoms with Gasteiger partial charge in [-0.15, -0.1) is 0 Å². The zero-order valence-corrected chi connectivity index (χ0v) is 27.7. The Hall–Kier alpha value is -6.18. The largest absolute Gasteiger partial charge is 0.457 e. The van der Waals surface area contributed by atoms with E-state index in [1.165, 1.54) is 83.1 Å². The van der Waals surface area contributed by atoms with Crippen LogP contribution < -0.4 is 4.74 Å². The lowest BCUT2D eigenvalue weighted by Crippen LogP contribution is -2.29. The smallest absolute Gasteiger partial charge is 0.131 e. The van der Waals surface area contributed by atoms with Gasteiger partial charge in [0.15, 0.2) is 0 Å². The molecule has 2 atom stereocenters. The molecule has 2 unspecified atom stereocenters. The van der Waals surface area contributed by atoms with Gasteiger partial charge in [0, 0.05) is 16.5 Å². The van der Waals surface area contributed by atoms with Crippen LogP contribution in [0.4, 0.5) is 0 Å². The zero-order chi connectivity index (χ0) is 33.0. The van der Waals surface area contributed by atoms with Crippen molar-refractivity contribution in [3.05, 3.63) is 215 Å². The van der Waals surface area contributed by atoms with E-state index in [1.807, 2.05) is 0 Å². The lowest BCUT2D eigenvalue weighted by atomic mass is 9.68. The molecule has 11 rings (SSSR count). The Balaban J connectivity index is 1.21. The molecule has 0 N–H and O–H groups in total. The maximum Gasteiger partial charge on any atom is 0.131 e. The van der Waals surface area contributed by atoms with Gasteiger partial charge in [0.25, 0.3) is 0 Å². The fourth-order valence-electron chi connectivity index (χ4n) is 9.70. The molecule has 0 fully saturated rings. The number of rotatable bonds is 2. The van der Waals surface area contributed by atoms with Crippen molar-refractivity contribution in [2.45, 2.75) is 17.8 Å². The first-order valence-electron chi connectivity index (χ1n) is 17.5. The quantitative estimate of drug-likeness (QED) is 0.183. The number of hydrogen-bond acceptors (Lipinski definition) is 1. The van der Waals surface area contributed by atoms with Gasteiger partial charge in [-0.25, -0.2) is 0 Å². The SMILES string of the molecule is CC1(c2ccccc2)c2ccccc2Oc2ccc(-c3cccc4c3-c3ccccc3C43c4ccccc4-c4ccc5ccccc5c43)cc21. The lowest BCUT2D eigenvalue weighted by Gasteiger charge is -2.38. The fourth-order valence-corrected chi connectivity index (χ4v) is 9.70. The van der Waals surface area contributed by atoms with E-state index in [-0.39, 0.29) is 5.41 Å². The van der Waals surface area contributed by atoms with Gasteiger partial charge < -0.3 is 4.74 Å². The van der Waals surface area contributed by atoms with Crippen LogP contribution in [-0.2, 0) is 10.8 Å². The standard InChI is InChI=1S/C49H32O/c1-48(33-15-3-2-4-16-33)41-23-11-12-25-44(41)50-45-29-27-32(30-43(45)48)34-20-13-24-42-46(34)38-19-8-10-22-40(38)49(42)39-21-9-7-18-36(39)37-28-26-31-14-5-6-17-35(31)47(37)49/h2-30H,1H3. The average Bonchev–Trinajstić information content (AvgIpc) is 3.66. The maximum absolute atomic E-state index is 6.63. The van der Waals surface area contributed by atoms with Gasteiger partial charge in [0.2, 0.25) is 0 Å². The highest BCUT2D eigenvalue weighted by Crippen LogP contribution is 2.65. The van der Waals surface area contributed by atoms with Crippen molar-refractivity contribution in [1.82, 2.24) is 0 Å². The van der Waals surface area contributed by atoms with Crippen molar-refractivity contribution in [2.24, 2.45) is 0 Å². The second-order valence-electron chi connectivity index (χ2n) is 14.1. The first-order chi connectivity index (χ1) is 24.7. The molecule has 1 nitrogen and oxygen atoms in total. The summed E-state index contributed by atoms with van der Waals surface area (Å²) < 4.78 is 6.63. The third kappa shape index (κ3) is 3.37. The summed E-state index contributed by atoms with van der Waals surface area (Å²) in [6.07, 6.45) is 0. The highest BCUT2D eigenvalue weighted by molar-refractivity contribution is 6.05. The molecule has 0 radical (unpaired) electrons. The minimum Gasteiger partial charge on any atom is -0.457 e. The van der Waals surface area contributed by atoms with Crippen molar-refractivity contribution < 1.29 is 4.74 Å². The third-order valence-electron chi connectivity index (χ3n) is 11.8. The van der Waals surface area contributed by atoms with E-state index < -0.39 is 5.41 Å². The minimum absolute atomic E-state index is 0.388. The minimum atomic E-state index is -0.427. The average molecular weight is 637 g/mol. The first-order valence-corrected chi connectivity index (χ1v) is 17.5. The summed E-state index contributed by atoms with van der Waals surface area (Å²) in [5.74, 6) is 1.83. The number of hydrogen-bond donors (Lipinski definition) is 0. The molecule has 8 aromatic rings. The van der Waals surface area contributed by atoms with Crippen molar-refractivity contribution in [2.75, 3.05) is 0 Å². The molecule has 3 aliphatic rings. The zero-order valence-electron chi connectivity index (χ0n) is 27.7. The Morgan fingerprint density at radius 1 is 0.420 bits per heavy atom. The second kappa shape index (κ2) is 9.94. The lowest BCUT2D eigenvalue weighted by molar-refractivity contribution is 0.427. The Morgan fingerprint density at radius 2 is 1.06 bits per heavy atom. The molecule has 50 heavy (non-hydrogen) atoms. The Bertz CT molecular complexity index is 2700. The summed E-state index contributed by atoms with van der Waals surface area (Å²) in [5.41, 5.74) is 16.0. The normalized spacial score (nSPS) is 18.8. The summed E-state index contributed by atoms with van der Waals surface area (Å²) in [6, 6.07) is 64.9. The van der Waals surface area contributed by atoms with E-state index in [4.69, 9.17) is 4.74 Å². The number of ether oxygens (including phenoxy) is 1. The highest BCUT2D eigenvalue weighted by Gasteiger charge is 2.53. The van der Waals surface area contributed by atoms with Crippen LogP contribution >= 0.6 is 0 Å². The molecule has 0 aromatic heterocycles. The molecule has 8 aromatic carbocycles. The predicted octanol–water partition coefficient (Wildman–Crippen LogP) is 12.3. The molecule has 0 amide bonds. The van der Waals surface area contributed by atoms with E-state index >= 15 is 0 Å². The summed E-state index contributed by atoms with van der Waals surface area (Å²) in [5, 5.41) is 2.59. The van der Waals surface area contributed by atoms with Gasteiger partial charge >= 0.3 is 0 Å². The van der Waals surface area contributed by atoms with E-state index in [0.717, 1.165) is 11.5 Å². The van der Waals surface area contributed by atoms with Crippen molar-refractivity contribution >= 4 is 10.8 Å². The molecular weight excluding hydrogens is 605 g/mol. The van der Waals surface area contributed by atoms with Crippen LogP contribution in [0.15, 0.2) is 176 Å². The van der Waals surface area contributed by atoms with Crippen LogP contribution in [-0.4, -0.2) is 0 Å². The monoisotopic (exact) mass is 636 g/mol. The number of para-hydroxylation sites is 1. The summed E-state index contributed by atoms with van der Waals surface area (Å²) >= 11 is 0. The van der Waals surface area contributed by atoms with Crippen molar-refractivity contribution in [3.63, 3.8) is 0 Å². The topological polar surface area (TPSA) is 9.23 Å². The van der Waals surface area contributed by atoms with Gasteiger partial charge in [0.05, 0.1) is 5.41 Å². The van der Waals surface area contributed by atoms with Crippen LogP contribution in [0.3, 0.4) is 0 Å². The molecule has 234 valence electrons. The fraction of sp³-hybridized carbons (Fsp3) is 0.0612. The number of fused-ring (bicyclic) bond motifs is 14. The van der Waals surface area contributed by atoms with Crippen LogP contribution in [0.25, 0.3) is 44.2 Å². The molecule has 1 heteroatoms. The first kappa shape index (κ1) is 27.7. The van der Waals surface area contributed by atoms with Gasteiger partial charge in [0.1, 0.15) is 11.5 Å². The second-order valence-corrected chi connectivity index (χ2v) is 14.1. The van der Waals surface area contributed by atoms with Gasteiger partial charge in [-0.3, -0.25) is 0 Å². The third-order valence-corrected chi connectivity index (χ3v) is 11.8. The molecule has 0 saturated carbocycles. The molecule has 1 aliphatic heterocycles. The Kier molecular flexibility index (Phi) is 5.51.